The van der Waals surface area contributed by atoms with E-state index in [0.29, 0.717) is 34.1 Å². The molecule has 0 aliphatic carbocycles. The van der Waals surface area contributed by atoms with E-state index >= 15 is 0 Å². The van der Waals surface area contributed by atoms with Crippen molar-refractivity contribution in [3.8, 4) is 23.0 Å². The molecule has 0 fully saturated rings. The van der Waals surface area contributed by atoms with Crippen LogP contribution in [0.25, 0.3) is 0 Å². The maximum Gasteiger partial charge on any atom is 0.313 e. The monoisotopic (exact) mass is 398 g/mol. The van der Waals surface area contributed by atoms with Crippen molar-refractivity contribution in [2.75, 3.05) is 27.6 Å². The number of benzene rings is 2. The van der Waals surface area contributed by atoms with E-state index in [1.807, 2.05) is 0 Å². The molecule has 1 heterocycles. The Morgan fingerprint density at radius 3 is 2.66 bits per heavy atom. The highest BCUT2D eigenvalue weighted by molar-refractivity contribution is 6.01. The topological polar surface area (TPSA) is 80.3 Å². The van der Waals surface area contributed by atoms with Gasteiger partial charge in [-0.15, -0.1) is 0 Å². The molecule has 1 unspecified atom stereocenters. The molecule has 0 bridgehead atoms. The van der Waals surface area contributed by atoms with Crippen molar-refractivity contribution in [1.29, 1.82) is 0 Å². The van der Waals surface area contributed by atoms with Crippen LogP contribution in [0.3, 0.4) is 0 Å². The number of fused-ring (bicyclic) bond motifs is 1. The van der Waals surface area contributed by atoms with Crippen LogP contribution < -0.4 is 18.9 Å². The highest BCUT2D eigenvalue weighted by atomic mass is 16.7. The predicted octanol–water partition coefficient (Wildman–Crippen LogP) is 3.52. The third-order valence-electron chi connectivity index (χ3n) is 4.52. The molecule has 0 amide bonds. The number of ether oxygens (including phenoxy) is 5. The maximum absolute atomic E-state index is 13.1. The zero-order chi connectivity index (χ0) is 20.8. The zero-order valence-corrected chi connectivity index (χ0v) is 16.3. The fourth-order valence-electron chi connectivity index (χ4n) is 3.03. The Morgan fingerprint density at radius 2 is 1.93 bits per heavy atom. The lowest BCUT2D eigenvalue weighted by molar-refractivity contribution is -0.142. The van der Waals surface area contributed by atoms with Crippen LogP contribution in [0.2, 0.25) is 0 Å². The maximum atomic E-state index is 13.1. The second-order valence-corrected chi connectivity index (χ2v) is 6.28. The average Bonchev–Trinajstić information content (AvgIpc) is 3.22. The van der Waals surface area contributed by atoms with Crippen molar-refractivity contribution < 1.29 is 33.3 Å². The summed E-state index contributed by atoms with van der Waals surface area (Å²) in [4.78, 5) is 25.5. The van der Waals surface area contributed by atoms with Gasteiger partial charge in [0.05, 0.1) is 25.7 Å². The number of carbonyl (C=O) groups excluding carboxylic acids is 2. The third kappa shape index (κ3) is 4.51. The van der Waals surface area contributed by atoms with Crippen LogP contribution in [0.1, 0.15) is 28.3 Å². The molecule has 0 saturated heterocycles. The van der Waals surface area contributed by atoms with Gasteiger partial charge in [-0.1, -0.05) is 18.7 Å². The van der Waals surface area contributed by atoms with E-state index in [4.69, 9.17) is 23.7 Å². The predicted molar refractivity (Wildman–Crippen MR) is 105 cm³/mol. The molecule has 0 aromatic heterocycles. The Hall–Kier alpha value is -3.48. The highest BCUT2D eigenvalue weighted by Crippen LogP contribution is 2.36. The largest absolute Gasteiger partial charge is 0.497 e. The summed E-state index contributed by atoms with van der Waals surface area (Å²) in [6.45, 7) is 3.97. The minimum Gasteiger partial charge on any atom is -0.497 e. The lowest BCUT2D eigenvalue weighted by atomic mass is 9.91. The Bertz CT molecular complexity index is 919. The molecule has 7 heteroatoms. The van der Waals surface area contributed by atoms with Gasteiger partial charge in [0, 0.05) is 12.5 Å². The molecule has 2 aromatic rings. The summed E-state index contributed by atoms with van der Waals surface area (Å²) >= 11 is 0. The molecule has 1 atom stereocenters. The Labute approximate surface area is 168 Å². The van der Waals surface area contributed by atoms with Gasteiger partial charge in [0.1, 0.15) is 18.1 Å². The molecule has 0 spiro atoms. The quantitative estimate of drug-likeness (QED) is 0.363. The lowest BCUT2D eigenvalue weighted by Crippen LogP contribution is -2.19. The van der Waals surface area contributed by atoms with E-state index in [1.165, 1.54) is 14.2 Å². The van der Waals surface area contributed by atoms with Gasteiger partial charge in [0.25, 0.3) is 0 Å². The van der Waals surface area contributed by atoms with E-state index < -0.39 is 11.9 Å². The van der Waals surface area contributed by atoms with E-state index in [2.05, 4.69) is 6.58 Å². The molecule has 3 rings (SSSR count). The van der Waals surface area contributed by atoms with Crippen molar-refractivity contribution in [2.45, 2.75) is 12.3 Å². The SMILES string of the molecule is C=CCOc1cc(OC)ccc1C(=O)CC(C(=O)OC)c1ccc2c(c1)OCO2. The van der Waals surface area contributed by atoms with Crippen LogP contribution in [-0.2, 0) is 9.53 Å². The molecule has 2 aromatic carbocycles. The fraction of sp³-hybridized carbons (Fsp3) is 0.273. The standard InChI is InChI=1S/C22H22O7/c1-4-9-27-20-11-15(25-2)6-7-16(20)18(23)12-17(22(24)26-3)14-5-8-19-21(10-14)29-13-28-19/h4-8,10-11,17H,1,9,12-13H2,2-3H3. The number of hydrogen-bond acceptors (Lipinski definition) is 7. The van der Waals surface area contributed by atoms with E-state index in [-0.39, 0.29) is 25.6 Å². The second-order valence-electron chi connectivity index (χ2n) is 6.28. The minimum absolute atomic E-state index is 0.0942. The van der Waals surface area contributed by atoms with Gasteiger partial charge in [0.15, 0.2) is 17.3 Å². The van der Waals surface area contributed by atoms with Crippen LogP contribution in [0.4, 0.5) is 0 Å². The fourth-order valence-corrected chi connectivity index (χ4v) is 3.03. The van der Waals surface area contributed by atoms with E-state index in [0.717, 1.165) is 0 Å². The first-order valence-corrected chi connectivity index (χ1v) is 8.99. The normalized spacial score (nSPS) is 12.8. The summed E-state index contributed by atoms with van der Waals surface area (Å²) in [5, 5.41) is 0. The van der Waals surface area contributed by atoms with Gasteiger partial charge in [-0.05, 0) is 29.8 Å². The first kappa shape index (κ1) is 20.3. The Morgan fingerprint density at radius 1 is 1.14 bits per heavy atom. The van der Waals surface area contributed by atoms with E-state index in [1.54, 1.807) is 42.5 Å². The van der Waals surface area contributed by atoms with Gasteiger partial charge in [-0.3, -0.25) is 9.59 Å². The molecule has 1 aliphatic heterocycles. The van der Waals surface area contributed by atoms with Gasteiger partial charge < -0.3 is 23.7 Å². The van der Waals surface area contributed by atoms with Crippen molar-refractivity contribution in [3.05, 3.63) is 60.2 Å². The summed E-state index contributed by atoms with van der Waals surface area (Å²) in [6, 6.07) is 10.1. The highest BCUT2D eigenvalue weighted by Gasteiger charge is 2.28. The van der Waals surface area contributed by atoms with Crippen molar-refractivity contribution in [1.82, 2.24) is 0 Å². The van der Waals surface area contributed by atoms with Crippen LogP contribution in [0.15, 0.2) is 49.1 Å². The number of Topliss-reactive ketones (excluding diaryl/α,β-unsaturated/α-hetero) is 1. The van der Waals surface area contributed by atoms with Gasteiger partial charge >= 0.3 is 5.97 Å². The number of ketones is 1. The van der Waals surface area contributed by atoms with Crippen molar-refractivity contribution in [2.24, 2.45) is 0 Å². The van der Waals surface area contributed by atoms with E-state index in [9.17, 15) is 9.59 Å². The lowest BCUT2D eigenvalue weighted by Gasteiger charge is -2.16. The van der Waals surface area contributed by atoms with Gasteiger partial charge in [0.2, 0.25) is 6.79 Å². The minimum atomic E-state index is -0.795. The molecule has 152 valence electrons. The number of rotatable bonds is 9. The van der Waals surface area contributed by atoms with Crippen molar-refractivity contribution in [3.63, 3.8) is 0 Å². The molecule has 0 N–H and O–H groups in total. The summed E-state index contributed by atoms with van der Waals surface area (Å²) in [5.74, 6) is 0.474. The third-order valence-corrected chi connectivity index (χ3v) is 4.52. The Balaban J connectivity index is 1.89. The molecule has 29 heavy (non-hydrogen) atoms. The number of esters is 1. The van der Waals surface area contributed by atoms with Crippen LogP contribution in [0.5, 0.6) is 23.0 Å². The second kappa shape index (κ2) is 9.14. The molecule has 7 nitrogen and oxygen atoms in total. The zero-order valence-electron chi connectivity index (χ0n) is 16.3. The average molecular weight is 398 g/mol. The summed E-state index contributed by atoms with van der Waals surface area (Å²) < 4.78 is 26.4. The summed E-state index contributed by atoms with van der Waals surface area (Å²) in [7, 11) is 2.82. The molecule has 0 saturated carbocycles. The smallest absolute Gasteiger partial charge is 0.313 e. The number of hydrogen-bond donors (Lipinski definition) is 0. The first-order chi connectivity index (χ1) is 14.1. The molecular formula is C22H22O7. The van der Waals surface area contributed by atoms with Crippen molar-refractivity contribution >= 4 is 11.8 Å². The van der Waals surface area contributed by atoms with Gasteiger partial charge in [-0.2, -0.15) is 0 Å². The van der Waals surface area contributed by atoms with Crippen LogP contribution in [-0.4, -0.2) is 39.4 Å². The first-order valence-electron chi connectivity index (χ1n) is 8.99. The Kier molecular flexibility index (Phi) is 6.39. The van der Waals surface area contributed by atoms with Crippen LogP contribution in [0, 0.1) is 0 Å². The molecule has 1 aliphatic rings. The van der Waals surface area contributed by atoms with Crippen LogP contribution >= 0.6 is 0 Å². The molecule has 0 radical (unpaired) electrons. The number of carbonyl (C=O) groups is 2. The summed E-state index contributed by atoms with van der Waals surface area (Å²) in [6.07, 6.45) is 1.49. The number of methoxy groups -OCH3 is 2. The van der Waals surface area contributed by atoms with Gasteiger partial charge in [-0.25, -0.2) is 0 Å². The molecular weight excluding hydrogens is 376 g/mol. The summed E-state index contributed by atoms with van der Waals surface area (Å²) in [5.41, 5.74) is 0.957.